The van der Waals surface area contributed by atoms with Gasteiger partial charge in [-0.3, -0.25) is 0 Å². The molecule has 112 valence electrons. The summed E-state index contributed by atoms with van der Waals surface area (Å²) in [5.41, 5.74) is 3.51. The Morgan fingerprint density at radius 1 is 1.05 bits per heavy atom. The van der Waals surface area contributed by atoms with E-state index in [4.69, 9.17) is 4.74 Å². The summed E-state index contributed by atoms with van der Waals surface area (Å²) in [6.45, 7) is 2.94. The van der Waals surface area contributed by atoms with Crippen LogP contribution in [0.1, 0.15) is 37.4 Å². The minimum atomic E-state index is 0.653. The molecule has 0 radical (unpaired) electrons. The molecule has 21 heavy (non-hydrogen) atoms. The summed E-state index contributed by atoms with van der Waals surface area (Å²) >= 11 is 0. The first-order valence-electron chi connectivity index (χ1n) is 7.64. The fraction of sp³-hybridized carbons (Fsp3) is 0.389. The standard InChI is InChI=1S/C18H24N2O/c1-3-4-5-7-15-10-12-16(13-11-15)19-14-17-8-6-9-18(20-17)21-2/h6,8-13,19H,3-5,7,14H2,1-2H3. The van der Waals surface area contributed by atoms with Crippen LogP contribution in [0.5, 0.6) is 5.88 Å². The molecule has 2 aromatic rings. The number of hydrogen-bond donors (Lipinski definition) is 1. The Hall–Kier alpha value is -2.03. The number of pyridine rings is 1. The van der Waals surface area contributed by atoms with Crippen molar-refractivity contribution in [1.82, 2.24) is 4.98 Å². The molecule has 0 unspecified atom stereocenters. The molecule has 0 saturated carbocycles. The van der Waals surface area contributed by atoms with Crippen molar-refractivity contribution in [3.05, 3.63) is 53.7 Å². The van der Waals surface area contributed by atoms with Gasteiger partial charge in [-0.05, 0) is 36.6 Å². The lowest BCUT2D eigenvalue weighted by Gasteiger charge is -2.08. The molecule has 1 heterocycles. The average Bonchev–Trinajstić information content (AvgIpc) is 2.54. The van der Waals surface area contributed by atoms with Crippen molar-refractivity contribution < 1.29 is 4.74 Å². The zero-order valence-electron chi connectivity index (χ0n) is 12.9. The fourth-order valence-electron chi connectivity index (χ4n) is 2.23. The fourth-order valence-corrected chi connectivity index (χ4v) is 2.23. The SMILES string of the molecule is CCCCCc1ccc(NCc2cccc(OC)n2)cc1. The lowest BCUT2D eigenvalue weighted by molar-refractivity contribution is 0.396. The van der Waals surface area contributed by atoms with Crippen molar-refractivity contribution in [2.45, 2.75) is 39.2 Å². The number of unbranched alkanes of at least 4 members (excludes halogenated alkanes) is 2. The molecule has 1 aromatic carbocycles. The van der Waals surface area contributed by atoms with Gasteiger partial charge in [-0.1, -0.05) is 38.0 Å². The second kappa shape index (κ2) is 8.30. The molecule has 3 heteroatoms. The van der Waals surface area contributed by atoms with Crippen molar-refractivity contribution >= 4 is 5.69 Å². The number of aromatic nitrogens is 1. The number of methoxy groups -OCH3 is 1. The van der Waals surface area contributed by atoms with Crippen LogP contribution in [-0.2, 0) is 13.0 Å². The number of hydrogen-bond acceptors (Lipinski definition) is 3. The number of nitrogens with one attached hydrogen (secondary N) is 1. The minimum absolute atomic E-state index is 0.653. The molecule has 0 saturated heterocycles. The molecule has 0 aliphatic rings. The van der Waals surface area contributed by atoms with E-state index < -0.39 is 0 Å². The number of anilines is 1. The number of nitrogens with zero attached hydrogens (tertiary/aromatic N) is 1. The zero-order valence-corrected chi connectivity index (χ0v) is 12.9. The number of ether oxygens (including phenoxy) is 1. The summed E-state index contributed by atoms with van der Waals surface area (Å²) < 4.78 is 5.13. The smallest absolute Gasteiger partial charge is 0.213 e. The Bertz CT molecular complexity index is 537. The Balaban J connectivity index is 1.85. The van der Waals surface area contributed by atoms with Crippen molar-refractivity contribution in [3.63, 3.8) is 0 Å². The Morgan fingerprint density at radius 2 is 1.86 bits per heavy atom. The van der Waals surface area contributed by atoms with E-state index in [-0.39, 0.29) is 0 Å². The van der Waals surface area contributed by atoms with Gasteiger partial charge in [-0.15, -0.1) is 0 Å². The summed E-state index contributed by atoms with van der Waals surface area (Å²) in [6.07, 6.45) is 5.03. The van der Waals surface area contributed by atoms with Crippen LogP contribution in [-0.4, -0.2) is 12.1 Å². The Kier molecular flexibility index (Phi) is 6.07. The van der Waals surface area contributed by atoms with E-state index in [1.165, 1.54) is 31.2 Å². The highest BCUT2D eigenvalue weighted by Gasteiger charge is 1.99. The van der Waals surface area contributed by atoms with Crippen molar-refractivity contribution in [1.29, 1.82) is 0 Å². The maximum absolute atomic E-state index is 5.13. The van der Waals surface area contributed by atoms with Crippen molar-refractivity contribution in [2.75, 3.05) is 12.4 Å². The van der Waals surface area contributed by atoms with Crippen molar-refractivity contribution in [3.8, 4) is 5.88 Å². The molecule has 1 N–H and O–H groups in total. The van der Waals surface area contributed by atoms with E-state index in [1.54, 1.807) is 7.11 Å². The maximum Gasteiger partial charge on any atom is 0.213 e. The van der Waals surface area contributed by atoms with E-state index in [0.29, 0.717) is 12.4 Å². The monoisotopic (exact) mass is 284 g/mol. The first-order chi connectivity index (χ1) is 10.3. The minimum Gasteiger partial charge on any atom is -0.481 e. The topological polar surface area (TPSA) is 34.1 Å². The number of benzene rings is 1. The largest absolute Gasteiger partial charge is 0.481 e. The highest BCUT2D eigenvalue weighted by Crippen LogP contribution is 2.14. The maximum atomic E-state index is 5.13. The van der Waals surface area contributed by atoms with Gasteiger partial charge >= 0.3 is 0 Å². The summed E-state index contributed by atoms with van der Waals surface area (Å²) in [7, 11) is 1.64. The summed E-state index contributed by atoms with van der Waals surface area (Å²) in [6, 6.07) is 14.5. The van der Waals surface area contributed by atoms with Crippen molar-refractivity contribution in [2.24, 2.45) is 0 Å². The second-order valence-corrected chi connectivity index (χ2v) is 5.18. The first kappa shape index (κ1) is 15.4. The molecule has 0 aliphatic heterocycles. The van der Waals surface area contributed by atoms with E-state index in [1.807, 2.05) is 18.2 Å². The van der Waals surface area contributed by atoms with Gasteiger partial charge in [0, 0.05) is 11.8 Å². The normalized spacial score (nSPS) is 10.4. The summed E-state index contributed by atoms with van der Waals surface area (Å²) in [5, 5.41) is 3.39. The van der Waals surface area contributed by atoms with Gasteiger partial charge in [0.1, 0.15) is 0 Å². The molecular weight excluding hydrogens is 260 g/mol. The molecule has 3 nitrogen and oxygen atoms in total. The summed E-state index contributed by atoms with van der Waals surface area (Å²) in [4.78, 5) is 4.39. The van der Waals surface area contributed by atoms with E-state index >= 15 is 0 Å². The summed E-state index contributed by atoms with van der Waals surface area (Å²) in [5.74, 6) is 0.653. The van der Waals surface area contributed by atoms with Crippen LogP contribution in [0.2, 0.25) is 0 Å². The predicted molar refractivity (Wildman–Crippen MR) is 87.8 cm³/mol. The van der Waals surface area contributed by atoms with Crippen LogP contribution in [0.15, 0.2) is 42.5 Å². The van der Waals surface area contributed by atoms with E-state index in [9.17, 15) is 0 Å². The Labute approximate surface area is 127 Å². The van der Waals surface area contributed by atoms with Gasteiger partial charge in [0.05, 0.1) is 19.3 Å². The highest BCUT2D eigenvalue weighted by atomic mass is 16.5. The van der Waals surface area contributed by atoms with Gasteiger partial charge < -0.3 is 10.1 Å². The molecule has 0 fully saturated rings. The third kappa shape index (κ3) is 5.10. The lowest BCUT2D eigenvalue weighted by atomic mass is 10.1. The van der Waals surface area contributed by atoms with Gasteiger partial charge in [0.2, 0.25) is 5.88 Å². The predicted octanol–water partition coefficient (Wildman–Crippen LogP) is 4.44. The Morgan fingerprint density at radius 3 is 2.57 bits per heavy atom. The average molecular weight is 284 g/mol. The number of rotatable bonds is 8. The van der Waals surface area contributed by atoms with Crippen LogP contribution in [0.3, 0.4) is 0 Å². The van der Waals surface area contributed by atoms with Gasteiger partial charge in [0.15, 0.2) is 0 Å². The van der Waals surface area contributed by atoms with Crippen LogP contribution < -0.4 is 10.1 Å². The van der Waals surface area contributed by atoms with Crippen LogP contribution in [0.25, 0.3) is 0 Å². The highest BCUT2D eigenvalue weighted by molar-refractivity contribution is 5.44. The molecular formula is C18H24N2O. The quantitative estimate of drug-likeness (QED) is 0.728. The third-order valence-electron chi connectivity index (χ3n) is 3.49. The lowest BCUT2D eigenvalue weighted by Crippen LogP contribution is -2.02. The molecule has 0 atom stereocenters. The van der Waals surface area contributed by atoms with Crippen LogP contribution in [0.4, 0.5) is 5.69 Å². The molecule has 2 rings (SSSR count). The van der Waals surface area contributed by atoms with Gasteiger partial charge in [-0.25, -0.2) is 4.98 Å². The number of aryl methyl sites for hydroxylation is 1. The van der Waals surface area contributed by atoms with E-state index in [2.05, 4.69) is 41.5 Å². The molecule has 0 aliphatic carbocycles. The second-order valence-electron chi connectivity index (χ2n) is 5.18. The molecule has 0 spiro atoms. The molecule has 1 aromatic heterocycles. The van der Waals surface area contributed by atoms with Gasteiger partial charge in [0.25, 0.3) is 0 Å². The van der Waals surface area contributed by atoms with Crippen LogP contribution in [0, 0.1) is 0 Å². The van der Waals surface area contributed by atoms with E-state index in [0.717, 1.165) is 11.4 Å². The van der Waals surface area contributed by atoms with Gasteiger partial charge in [-0.2, -0.15) is 0 Å². The molecule has 0 amide bonds. The first-order valence-corrected chi connectivity index (χ1v) is 7.64. The third-order valence-corrected chi connectivity index (χ3v) is 3.49. The van der Waals surface area contributed by atoms with Crippen LogP contribution >= 0.6 is 0 Å². The molecule has 0 bridgehead atoms. The zero-order chi connectivity index (χ0) is 14.9.